The molecule has 1 heterocycles. The lowest BCUT2D eigenvalue weighted by atomic mass is 9.99. The van der Waals surface area contributed by atoms with Gasteiger partial charge in [0, 0.05) is 6.42 Å². The molecule has 1 saturated heterocycles. The fourth-order valence-corrected chi connectivity index (χ4v) is 4.91. The largest absolute Gasteiger partial charge is 0.394 e. The molecule has 0 aromatic rings. The highest BCUT2D eigenvalue weighted by atomic mass is 16.7. The van der Waals surface area contributed by atoms with Crippen LogP contribution >= 0.6 is 0 Å². The Labute approximate surface area is 265 Å². The van der Waals surface area contributed by atoms with Gasteiger partial charge in [0.1, 0.15) is 24.4 Å². The number of amides is 1. The molecule has 0 aromatic heterocycles. The highest BCUT2D eigenvalue weighted by Crippen LogP contribution is 2.22. The number of aliphatic hydroxyl groups is 5. The second-order valence-electron chi connectivity index (χ2n) is 11.6. The van der Waals surface area contributed by atoms with Gasteiger partial charge < -0.3 is 40.3 Å². The van der Waals surface area contributed by atoms with Crippen molar-refractivity contribution in [3.8, 4) is 0 Å². The van der Waals surface area contributed by atoms with Gasteiger partial charge in [-0.2, -0.15) is 0 Å². The minimum Gasteiger partial charge on any atom is -0.394 e. The molecule has 6 N–H and O–H groups in total. The molecular weight excluding hydrogens is 562 g/mol. The number of nitrogens with one attached hydrogen (secondary N) is 1. The van der Waals surface area contributed by atoms with Crippen LogP contribution in [0.5, 0.6) is 0 Å². The molecule has 0 saturated carbocycles. The molecule has 1 fully saturated rings. The molecule has 7 atom stereocenters. The van der Waals surface area contributed by atoms with Crippen molar-refractivity contribution in [2.75, 3.05) is 13.2 Å². The van der Waals surface area contributed by atoms with Gasteiger partial charge in [0.15, 0.2) is 6.29 Å². The molecule has 254 valence electrons. The second-order valence-corrected chi connectivity index (χ2v) is 11.6. The first-order valence-electron chi connectivity index (χ1n) is 16.8. The highest BCUT2D eigenvalue weighted by Gasteiger charge is 2.44. The minimum atomic E-state index is -1.56. The number of carbonyl (C=O) groups is 1. The molecule has 7 unspecified atom stereocenters. The van der Waals surface area contributed by atoms with Gasteiger partial charge in [-0.1, -0.05) is 101 Å². The van der Waals surface area contributed by atoms with E-state index >= 15 is 0 Å². The van der Waals surface area contributed by atoms with Crippen molar-refractivity contribution in [1.82, 2.24) is 5.32 Å². The summed E-state index contributed by atoms with van der Waals surface area (Å²) in [5.74, 6) is -0.195. The van der Waals surface area contributed by atoms with Crippen molar-refractivity contribution in [1.29, 1.82) is 0 Å². The molecule has 0 spiro atoms. The van der Waals surface area contributed by atoms with Crippen LogP contribution in [-0.4, -0.2) is 87.5 Å². The Balaban J connectivity index is 2.47. The van der Waals surface area contributed by atoms with Gasteiger partial charge in [-0.05, 0) is 51.4 Å². The zero-order chi connectivity index (χ0) is 32.4. The Hall–Kier alpha value is -1.85. The van der Waals surface area contributed by atoms with Crippen molar-refractivity contribution in [3.63, 3.8) is 0 Å². The summed E-state index contributed by atoms with van der Waals surface area (Å²) in [7, 11) is 0. The zero-order valence-electron chi connectivity index (χ0n) is 27.1. The van der Waals surface area contributed by atoms with Crippen LogP contribution in [0.1, 0.15) is 110 Å². The van der Waals surface area contributed by atoms with Gasteiger partial charge in [0.25, 0.3) is 0 Å². The monoisotopic (exact) mass is 623 g/mol. The van der Waals surface area contributed by atoms with Gasteiger partial charge in [-0.15, -0.1) is 0 Å². The summed E-state index contributed by atoms with van der Waals surface area (Å²) in [6, 6.07) is -0.736. The van der Waals surface area contributed by atoms with Gasteiger partial charge in [-0.3, -0.25) is 4.79 Å². The van der Waals surface area contributed by atoms with Crippen LogP contribution in [0.3, 0.4) is 0 Å². The molecule has 44 heavy (non-hydrogen) atoms. The minimum absolute atomic E-state index is 0.159. The first-order valence-corrected chi connectivity index (χ1v) is 16.8. The van der Waals surface area contributed by atoms with Crippen LogP contribution in [0.15, 0.2) is 48.6 Å². The molecular formula is C35H61NO8. The van der Waals surface area contributed by atoms with Crippen molar-refractivity contribution >= 4 is 5.91 Å². The number of unbranched alkanes of at least 4 members (excludes halogenated alkanes) is 7. The van der Waals surface area contributed by atoms with Crippen LogP contribution in [-0.2, 0) is 14.3 Å². The number of aliphatic hydroxyl groups excluding tert-OH is 5. The number of allylic oxidation sites excluding steroid dienone is 8. The van der Waals surface area contributed by atoms with E-state index in [2.05, 4.69) is 67.8 Å². The smallest absolute Gasteiger partial charge is 0.220 e. The molecule has 0 aliphatic carbocycles. The fraction of sp³-hybridized carbons (Fsp3) is 0.743. The number of carbonyl (C=O) groups excluding carboxylic acids is 1. The Morgan fingerprint density at radius 2 is 1.41 bits per heavy atom. The third-order valence-electron chi connectivity index (χ3n) is 7.70. The number of ether oxygens (including phenoxy) is 2. The summed E-state index contributed by atoms with van der Waals surface area (Å²) < 4.78 is 11.1. The maximum absolute atomic E-state index is 12.7. The van der Waals surface area contributed by atoms with E-state index in [0.717, 1.165) is 70.6 Å². The summed E-state index contributed by atoms with van der Waals surface area (Å²) in [6.45, 7) is 3.57. The lowest BCUT2D eigenvalue weighted by Gasteiger charge is -2.40. The predicted molar refractivity (Wildman–Crippen MR) is 175 cm³/mol. The van der Waals surface area contributed by atoms with Crippen molar-refractivity contribution in [3.05, 3.63) is 48.6 Å². The summed E-state index contributed by atoms with van der Waals surface area (Å²) in [5, 5.41) is 53.6. The van der Waals surface area contributed by atoms with E-state index < -0.39 is 49.5 Å². The number of hydrogen-bond acceptors (Lipinski definition) is 8. The summed E-state index contributed by atoms with van der Waals surface area (Å²) in [4.78, 5) is 12.7. The van der Waals surface area contributed by atoms with E-state index in [1.165, 1.54) is 6.42 Å². The maximum Gasteiger partial charge on any atom is 0.220 e. The van der Waals surface area contributed by atoms with Gasteiger partial charge in [0.2, 0.25) is 5.91 Å². The zero-order valence-corrected chi connectivity index (χ0v) is 27.1. The van der Waals surface area contributed by atoms with E-state index in [-0.39, 0.29) is 12.5 Å². The molecule has 1 aliphatic rings. The van der Waals surface area contributed by atoms with E-state index in [0.29, 0.717) is 19.3 Å². The Kier molecular flexibility index (Phi) is 24.1. The van der Waals surface area contributed by atoms with Crippen LogP contribution in [0.4, 0.5) is 0 Å². The summed E-state index contributed by atoms with van der Waals surface area (Å²) >= 11 is 0. The standard InChI is InChI=1S/C35H61NO8/c1-3-5-7-9-11-12-13-14-15-16-17-18-19-21-23-25-31(39)36-28(29(38)24-22-20-10-8-6-4-2)27-43-35-34(42)33(41)32(40)30(26-37)44-35/h5,7,11-12,14-15,17-18,28-30,32-35,37-38,40-42H,3-4,6,8-10,13,16,19-27H2,1-2H3,(H,36,39)/b7-5-,12-11-,15-14-,18-17-. The molecule has 1 amide bonds. The Bertz CT molecular complexity index is 828. The Morgan fingerprint density at radius 3 is 2.05 bits per heavy atom. The van der Waals surface area contributed by atoms with Gasteiger partial charge >= 0.3 is 0 Å². The molecule has 1 aliphatic heterocycles. The molecule has 0 radical (unpaired) electrons. The second kappa shape index (κ2) is 26.4. The maximum atomic E-state index is 12.7. The van der Waals surface area contributed by atoms with E-state index in [1.807, 2.05) is 0 Å². The summed E-state index contributed by atoms with van der Waals surface area (Å²) in [6.07, 6.45) is 23.0. The molecule has 9 nitrogen and oxygen atoms in total. The van der Waals surface area contributed by atoms with E-state index in [4.69, 9.17) is 9.47 Å². The van der Waals surface area contributed by atoms with Crippen LogP contribution < -0.4 is 5.32 Å². The summed E-state index contributed by atoms with van der Waals surface area (Å²) in [5.41, 5.74) is 0. The molecule has 0 aromatic carbocycles. The lowest BCUT2D eigenvalue weighted by Crippen LogP contribution is -2.60. The average Bonchev–Trinajstić information content (AvgIpc) is 3.02. The normalized spacial score (nSPS) is 24.2. The molecule has 1 rings (SSSR count). The average molecular weight is 624 g/mol. The first kappa shape index (κ1) is 40.2. The molecule has 0 bridgehead atoms. The van der Waals surface area contributed by atoms with Crippen LogP contribution in [0.25, 0.3) is 0 Å². The lowest BCUT2D eigenvalue weighted by molar-refractivity contribution is -0.302. The van der Waals surface area contributed by atoms with E-state index in [9.17, 15) is 30.3 Å². The molecule has 9 heteroatoms. The SMILES string of the molecule is CC/C=C\C/C=C\C/C=C\C/C=C\CCCCC(=O)NC(COC1OC(CO)C(O)C(O)C1O)C(O)CCCCCCCC. The van der Waals surface area contributed by atoms with Gasteiger partial charge in [-0.25, -0.2) is 0 Å². The van der Waals surface area contributed by atoms with Crippen LogP contribution in [0.2, 0.25) is 0 Å². The van der Waals surface area contributed by atoms with Crippen LogP contribution in [0, 0.1) is 0 Å². The predicted octanol–water partition coefficient (Wildman–Crippen LogP) is 4.76. The third kappa shape index (κ3) is 18.2. The van der Waals surface area contributed by atoms with Gasteiger partial charge in [0.05, 0.1) is 25.4 Å². The Morgan fingerprint density at radius 1 is 0.795 bits per heavy atom. The third-order valence-corrected chi connectivity index (χ3v) is 7.70. The van der Waals surface area contributed by atoms with Crippen molar-refractivity contribution < 1.29 is 39.8 Å². The highest BCUT2D eigenvalue weighted by molar-refractivity contribution is 5.76. The number of hydrogen-bond donors (Lipinski definition) is 6. The fourth-order valence-electron chi connectivity index (χ4n) is 4.91. The first-order chi connectivity index (χ1) is 21.3. The number of rotatable bonds is 25. The van der Waals surface area contributed by atoms with E-state index in [1.54, 1.807) is 0 Å². The van der Waals surface area contributed by atoms with Crippen molar-refractivity contribution in [2.45, 2.75) is 153 Å². The quantitative estimate of drug-likeness (QED) is 0.0630. The topological polar surface area (TPSA) is 149 Å². The van der Waals surface area contributed by atoms with Crippen molar-refractivity contribution in [2.24, 2.45) is 0 Å².